The van der Waals surface area contributed by atoms with Gasteiger partial charge < -0.3 is 55.0 Å². The van der Waals surface area contributed by atoms with Crippen molar-refractivity contribution in [2.75, 3.05) is 0 Å². The van der Waals surface area contributed by atoms with Gasteiger partial charge in [0.1, 0.15) is 30.2 Å². The number of cyclic esters (lactones) is 6. The lowest BCUT2D eigenvalue weighted by Crippen LogP contribution is -2.55. The molecule has 23 nitrogen and oxygen atoms in total. The lowest BCUT2D eigenvalue weighted by molar-refractivity contribution is -0.167. The zero-order valence-electron chi connectivity index (χ0n) is 49.7. The summed E-state index contributed by atoms with van der Waals surface area (Å²) >= 11 is 0. The van der Waals surface area contributed by atoms with Gasteiger partial charge >= 0.3 is 35.8 Å². The number of esters is 6. The van der Waals surface area contributed by atoms with Gasteiger partial charge in [-0.15, -0.1) is 0 Å². The topological polar surface area (TPSA) is 320 Å². The Labute approximate surface area is 460 Å². The highest BCUT2D eigenvalue weighted by Gasteiger charge is 2.42. The van der Waals surface area contributed by atoms with E-state index in [9.17, 15) is 57.5 Å². The molecular weight excluding hydrogens is 1020 g/mol. The number of ketones is 1. The van der Waals surface area contributed by atoms with Crippen LogP contribution in [0, 0.1) is 59.2 Å². The fourth-order valence-corrected chi connectivity index (χ4v) is 7.77. The average Bonchev–Trinajstić information content (AvgIpc) is 3.31. The number of hydrogen-bond donors (Lipinski definition) is 5. The molecule has 0 aromatic carbocycles. The second-order valence-electron chi connectivity index (χ2n) is 23.2. The van der Waals surface area contributed by atoms with Gasteiger partial charge in [0, 0.05) is 6.42 Å². The molecule has 78 heavy (non-hydrogen) atoms. The van der Waals surface area contributed by atoms with Gasteiger partial charge in [-0.2, -0.15) is 0 Å². The molecule has 444 valence electrons. The highest BCUT2D eigenvalue weighted by molar-refractivity contribution is 5.96. The number of carbonyl (C=O) groups excluding carboxylic acids is 12. The summed E-state index contributed by atoms with van der Waals surface area (Å²) in [4.78, 5) is 165. The number of ether oxygens (including phenoxy) is 6. The van der Waals surface area contributed by atoms with E-state index >= 15 is 0 Å². The predicted molar refractivity (Wildman–Crippen MR) is 283 cm³/mol. The average molecular weight is 1110 g/mol. The number of nitrogens with one attached hydrogen (secondary N) is 5. The monoisotopic (exact) mass is 1110 g/mol. The normalized spacial score (nSPS) is 28.9. The summed E-state index contributed by atoms with van der Waals surface area (Å²) in [5, 5.41) is 12.6. The Hall–Kier alpha value is -6.16. The third kappa shape index (κ3) is 20.9. The molecule has 23 heteroatoms. The molecule has 0 aromatic rings. The molecule has 0 spiro atoms. The summed E-state index contributed by atoms with van der Waals surface area (Å²) in [6.07, 6.45) is -9.55. The van der Waals surface area contributed by atoms with Crippen LogP contribution in [0.4, 0.5) is 0 Å². The van der Waals surface area contributed by atoms with Gasteiger partial charge in [-0.3, -0.25) is 33.6 Å². The van der Waals surface area contributed by atoms with E-state index < -0.39 is 204 Å². The predicted octanol–water partition coefficient (Wildman–Crippen LogP) is 3.43. The second kappa shape index (κ2) is 31.4. The minimum atomic E-state index is -1.55. The molecule has 1 rings (SSSR count). The van der Waals surface area contributed by atoms with E-state index in [1.165, 1.54) is 20.8 Å². The van der Waals surface area contributed by atoms with Crippen LogP contribution in [0.1, 0.15) is 152 Å². The van der Waals surface area contributed by atoms with Crippen molar-refractivity contribution in [1.82, 2.24) is 26.6 Å². The summed E-state index contributed by atoms with van der Waals surface area (Å²) in [5.41, 5.74) is 0. The second-order valence-corrected chi connectivity index (χ2v) is 23.2. The molecule has 0 saturated carbocycles. The molecule has 1 heterocycles. The summed E-state index contributed by atoms with van der Waals surface area (Å²) in [7, 11) is 0. The van der Waals surface area contributed by atoms with Gasteiger partial charge in [-0.1, -0.05) is 125 Å². The smallest absolute Gasteiger partial charge is 0.329 e. The lowest BCUT2D eigenvalue weighted by Gasteiger charge is -2.30. The summed E-state index contributed by atoms with van der Waals surface area (Å²) in [5.74, 6) is -18.2. The SMILES string of the molecule is CC(C)C1CC(=O)[C@@H](C(C)C)OC(=O)[C@H](C(C)C)NC(=O)[C@H](C)OC(=O)[C@@H](C(C)C)NC(=O)[C@@H](C(C)C)OC(=O)[C@H](C(C)C)NC(=O)[C@H](C)OC(=O)[C@@H](C(C)C)NC(=O)[C@@H](C(C)C)OC(=O)[C@H](C(C)C)NC(=O)[C@H](C)OC1=O. The standard InChI is InChI=1S/C55H91N5O18/c1-23(2)35-22-36(61)42(29(13)14)76-53(70)39(26(7)8)56-46(63)33(20)74-51(68)37(24(3)4)59-49(66)44(31(17)18)78-55(72)41(28(11)12)58-47(64)34(21)75-52(69)38(25(5)6)60-48(65)43(30(15)16)77-54(71)40(27(9)10)57-45(62)32(19)73-50(35)67/h23-35,37-44H,22H2,1-21H3,(H,56,63)(H,57,62)(H,58,64)(H,59,66)(H,60,65)/t32-,33-,34-,35?,37+,38+,39-,40-,41-,42+,43+,44+/m0/s1. The van der Waals surface area contributed by atoms with E-state index in [0.29, 0.717) is 0 Å². The first kappa shape index (κ1) is 69.9. The van der Waals surface area contributed by atoms with Gasteiger partial charge in [-0.25, -0.2) is 24.0 Å². The Morgan fingerprint density at radius 2 is 0.500 bits per heavy atom. The van der Waals surface area contributed by atoms with Crippen LogP contribution in [0.5, 0.6) is 0 Å². The fourth-order valence-electron chi connectivity index (χ4n) is 7.77. The highest BCUT2D eigenvalue weighted by atomic mass is 16.6. The van der Waals surface area contributed by atoms with E-state index in [-0.39, 0.29) is 0 Å². The van der Waals surface area contributed by atoms with Crippen molar-refractivity contribution < 1.29 is 86.0 Å². The lowest BCUT2D eigenvalue weighted by atomic mass is 9.87. The van der Waals surface area contributed by atoms with Crippen LogP contribution in [0.25, 0.3) is 0 Å². The van der Waals surface area contributed by atoms with Gasteiger partial charge in [-0.05, 0) is 74.0 Å². The largest absolute Gasteiger partial charge is 0.453 e. The fraction of sp³-hybridized carbons (Fsp3) is 0.782. The van der Waals surface area contributed by atoms with Crippen molar-refractivity contribution in [2.24, 2.45) is 59.2 Å². The van der Waals surface area contributed by atoms with Crippen LogP contribution in [0.2, 0.25) is 0 Å². The molecule has 5 amide bonds. The van der Waals surface area contributed by atoms with Gasteiger partial charge in [0.2, 0.25) is 0 Å². The van der Waals surface area contributed by atoms with Crippen molar-refractivity contribution in [3.05, 3.63) is 0 Å². The van der Waals surface area contributed by atoms with Crippen molar-refractivity contribution in [3.8, 4) is 0 Å². The molecular formula is C55H91N5O18. The molecule has 12 atom stereocenters. The first-order valence-electron chi connectivity index (χ1n) is 27.1. The molecule has 1 fully saturated rings. The summed E-state index contributed by atoms with van der Waals surface area (Å²) < 4.78 is 33.7. The van der Waals surface area contributed by atoms with E-state index in [0.717, 1.165) is 0 Å². The van der Waals surface area contributed by atoms with Crippen molar-refractivity contribution in [3.63, 3.8) is 0 Å². The Bertz CT molecular complexity index is 1890. The highest BCUT2D eigenvalue weighted by Crippen LogP contribution is 2.24. The van der Waals surface area contributed by atoms with E-state index in [2.05, 4.69) is 26.6 Å². The Balaban J connectivity index is 3.87. The molecule has 1 saturated heterocycles. The van der Waals surface area contributed by atoms with Crippen LogP contribution in [-0.4, -0.2) is 138 Å². The molecule has 5 N–H and O–H groups in total. The minimum absolute atomic E-state index is 0.484. The number of amides is 5. The Morgan fingerprint density at radius 3 is 0.731 bits per heavy atom. The maximum atomic E-state index is 14.0. The van der Waals surface area contributed by atoms with Crippen molar-refractivity contribution >= 4 is 71.1 Å². The number of carbonyl (C=O) groups is 12. The van der Waals surface area contributed by atoms with E-state index in [4.69, 9.17) is 28.4 Å². The molecule has 1 aliphatic rings. The van der Waals surface area contributed by atoms with Crippen LogP contribution >= 0.6 is 0 Å². The van der Waals surface area contributed by atoms with E-state index in [1.54, 1.807) is 125 Å². The quantitative estimate of drug-likeness (QED) is 0.163. The van der Waals surface area contributed by atoms with Gasteiger partial charge in [0.15, 0.2) is 42.4 Å². The Morgan fingerprint density at radius 1 is 0.282 bits per heavy atom. The zero-order valence-corrected chi connectivity index (χ0v) is 49.7. The molecule has 0 aliphatic carbocycles. The third-order valence-electron chi connectivity index (χ3n) is 13.0. The molecule has 0 bridgehead atoms. The first-order valence-corrected chi connectivity index (χ1v) is 27.1. The number of rotatable bonds is 9. The minimum Gasteiger partial charge on any atom is -0.453 e. The molecule has 1 aliphatic heterocycles. The van der Waals surface area contributed by atoms with E-state index in [1.807, 2.05) is 0 Å². The van der Waals surface area contributed by atoms with Gasteiger partial charge in [0.05, 0.1) is 5.92 Å². The van der Waals surface area contributed by atoms with Crippen LogP contribution in [0.15, 0.2) is 0 Å². The Kier molecular flexibility index (Phi) is 28.2. The molecule has 0 radical (unpaired) electrons. The maximum absolute atomic E-state index is 14.0. The van der Waals surface area contributed by atoms with Crippen LogP contribution < -0.4 is 26.6 Å². The third-order valence-corrected chi connectivity index (χ3v) is 13.0. The summed E-state index contributed by atoms with van der Waals surface area (Å²) in [6, 6.07) is -6.92. The molecule has 0 aromatic heterocycles. The first-order chi connectivity index (χ1) is 35.9. The maximum Gasteiger partial charge on any atom is 0.329 e. The number of hydrogen-bond acceptors (Lipinski definition) is 18. The number of Topliss-reactive ketones (excluding diaryl/α,β-unsaturated/α-hetero) is 1. The van der Waals surface area contributed by atoms with Crippen LogP contribution in [0.3, 0.4) is 0 Å². The summed E-state index contributed by atoms with van der Waals surface area (Å²) in [6.45, 7) is 32.5. The van der Waals surface area contributed by atoms with Crippen molar-refractivity contribution in [2.45, 2.75) is 219 Å². The van der Waals surface area contributed by atoms with Crippen molar-refractivity contribution in [1.29, 1.82) is 0 Å². The zero-order chi connectivity index (χ0) is 60.5. The van der Waals surface area contributed by atoms with Gasteiger partial charge in [0.25, 0.3) is 29.5 Å². The molecule has 1 unspecified atom stereocenters. The van der Waals surface area contributed by atoms with Crippen LogP contribution in [-0.2, 0) is 86.0 Å².